The SMILES string of the molecule is COC(=O)c1c(SC)ccnc1OC1CCC(C)N(C(=O)c2ccc(F)cc2-c2ncccn2)C1. The molecule has 0 spiro atoms. The van der Waals surface area contributed by atoms with Crippen molar-refractivity contribution in [3.05, 3.63) is 65.9 Å². The molecule has 0 aliphatic carbocycles. The largest absolute Gasteiger partial charge is 0.472 e. The fraction of sp³-hybridized carbons (Fsp3) is 0.320. The van der Waals surface area contributed by atoms with Gasteiger partial charge in [0.2, 0.25) is 5.88 Å². The predicted molar refractivity (Wildman–Crippen MR) is 129 cm³/mol. The number of hydrogen-bond acceptors (Lipinski definition) is 8. The Bertz CT molecular complexity index is 1230. The van der Waals surface area contributed by atoms with E-state index in [1.54, 1.807) is 35.6 Å². The van der Waals surface area contributed by atoms with Crippen LogP contribution < -0.4 is 4.74 Å². The van der Waals surface area contributed by atoms with Crippen molar-refractivity contribution in [3.63, 3.8) is 0 Å². The second kappa shape index (κ2) is 10.8. The number of nitrogens with zero attached hydrogens (tertiary/aromatic N) is 4. The van der Waals surface area contributed by atoms with Gasteiger partial charge < -0.3 is 14.4 Å². The Morgan fingerprint density at radius 1 is 1.11 bits per heavy atom. The van der Waals surface area contributed by atoms with Crippen LogP contribution in [0.4, 0.5) is 4.39 Å². The van der Waals surface area contributed by atoms with Crippen LogP contribution in [0.3, 0.4) is 0 Å². The third kappa shape index (κ3) is 5.27. The van der Waals surface area contributed by atoms with E-state index < -0.39 is 11.8 Å². The molecular weight excluding hydrogens is 471 g/mol. The Morgan fingerprint density at radius 3 is 2.60 bits per heavy atom. The highest BCUT2D eigenvalue weighted by Crippen LogP contribution is 2.31. The molecule has 1 saturated heterocycles. The van der Waals surface area contributed by atoms with E-state index in [1.807, 2.05) is 13.2 Å². The van der Waals surface area contributed by atoms with Crippen molar-refractivity contribution >= 4 is 23.6 Å². The lowest BCUT2D eigenvalue weighted by Gasteiger charge is -2.38. The van der Waals surface area contributed by atoms with Gasteiger partial charge >= 0.3 is 5.97 Å². The molecule has 0 N–H and O–H groups in total. The highest BCUT2D eigenvalue weighted by Gasteiger charge is 2.33. The normalized spacial score (nSPS) is 17.7. The number of ether oxygens (including phenoxy) is 2. The number of pyridine rings is 1. The Kier molecular flexibility index (Phi) is 7.60. The van der Waals surface area contributed by atoms with Crippen molar-refractivity contribution < 1.29 is 23.5 Å². The van der Waals surface area contributed by atoms with Gasteiger partial charge in [-0.1, -0.05) is 0 Å². The zero-order valence-corrected chi connectivity index (χ0v) is 20.4. The molecule has 10 heteroatoms. The Balaban J connectivity index is 1.61. The van der Waals surface area contributed by atoms with E-state index in [0.29, 0.717) is 28.9 Å². The number of amides is 1. The molecule has 1 aliphatic rings. The molecule has 8 nitrogen and oxygen atoms in total. The van der Waals surface area contributed by atoms with Gasteiger partial charge in [0.05, 0.1) is 19.2 Å². The molecular formula is C25H25FN4O4S. The summed E-state index contributed by atoms with van der Waals surface area (Å²) < 4.78 is 25.1. The van der Waals surface area contributed by atoms with Gasteiger partial charge in [0.1, 0.15) is 17.5 Å². The summed E-state index contributed by atoms with van der Waals surface area (Å²) >= 11 is 1.39. The maximum atomic E-state index is 14.1. The Labute approximate surface area is 206 Å². The number of halogens is 1. The van der Waals surface area contributed by atoms with E-state index in [1.165, 1.54) is 37.1 Å². The molecule has 0 radical (unpaired) electrons. The number of carbonyl (C=O) groups is 2. The van der Waals surface area contributed by atoms with Crippen molar-refractivity contribution in [3.8, 4) is 17.3 Å². The van der Waals surface area contributed by atoms with Gasteiger partial charge in [-0.3, -0.25) is 4.79 Å². The van der Waals surface area contributed by atoms with Gasteiger partial charge in [-0.05, 0) is 56.4 Å². The number of thioether (sulfide) groups is 1. The van der Waals surface area contributed by atoms with Crippen LogP contribution in [0.2, 0.25) is 0 Å². The third-order valence-electron chi connectivity index (χ3n) is 5.88. The van der Waals surface area contributed by atoms with E-state index >= 15 is 0 Å². The number of aromatic nitrogens is 3. The number of esters is 1. The summed E-state index contributed by atoms with van der Waals surface area (Å²) in [6.45, 7) is 2.24. The van der Waals surface area contributed by atoms with Gasteiger partial charge in [-0.15, -0.1) is 11.8 Å². The van der Waals surface area contributed by atoms with E-state index in [-0.39, 0.29) is 41.9 Å². The van der Waals surface area contributed by atoms with Crippen molar-refractivity contribution in [1.29, 1.82) is 0 Å². The van der Waals surface area contributed by atoms with Crippen LogP contribution in [0.1, 0.15) is 40.5 Å². The molecule has 3 aromatic rings. The number of piperidine rings is 1. The average molecular weight is 497 g/mol. The first-order chi connectivity index (χ1) is 16.9. The van der Waals surface area contributed by atoms with Crippen molar-refractivity contribution in [2.24, 2.45) is 0 Å². The van der Waals surface area contributed by atoms with Gasteiger partial charge in [0.15, 0.2) is 5.82 Å². The first-order valence-electron chi connectivity index (χ1n) is 11.1. The molecule has 1 amide bonds. The second-order valence-electron chi connectivity index (χ2n) is 8.07. The summed E-state index contributed by atoms with van der Waals surface area (Å²) in [5.74, 6) is -0.836. The second-order valence-corrected chi connectivity index (χ2v) is 8.92. The van der Waals surface area contributed by atoms with Crippen molar-refractivity contribution in [2.45, 2.75) is 36.8 Å². The maximum Gasteiger partial charge on any atom is 0.344 e. The van der Waals surface area contributed by atoms with Crippen LogP contribution in [0.5, 0.6) is 5.88 Å². The number of hydrogen-bond donors (Lipinski definition) is 0. The van der Waals surface area contributed by atoms with Crippen LogP contribution in [0.25, 0.3) is 11.4 Å². The molecule has 1 fully saturated rings. The third-order valence-corrected chi connectivity index (χ3v) is 6.66. The van der Waals surface area contributed by atoms with Crippen LogP contribution in [0, 0.1) is 5.82 Å². The fourth-order valence-electron chi connectivity index (χ4n) is 4.07. The van der Waals surface area contributed by atoms with E-state index in [4.69, 9.17) is 9.47 Å². The summed E-state index contributed by atoms with van der Waals surface area (Å²) in [5.41, 5.74) is 0.900. The average Bonchev–Trinajstić information content (AvgIpc) is 2.89. The summed E-state index contributed by atoms with van der Waals surface area (Å²) in [4.78, 5) is 41.1. The minimum absolute atomic E-state index is 0.0671. The van der Waals surface area contributed by atoms with E-state index in [9.17, 15) is 14.0 Å². The molecule has 35 heavy (non-hydrogen) atoms. The minimum Gasteiger partial charge on any atom is -0.472 e. The molecule has 0 saturated carbocycles. The predicted octanol–water partition coefficient (Wildman–Crippen LogP) is 4.26. The molecule has 2 unspecified atom stereocenters. The van der Waals surface area contributed by atoms with Gasteiger partial charge in [-0.25, -0.2) is 24.1 Å². The molecule has 2 atom stereocenters. The molecule has 0 bridgehead atoms. The first-order valence-corrected chi connectivity index (χ1v) is 12.3. The fourth-order valence-corrected chi connectivity index (χ4v) is 4.64. The standard InChI is InChI=1S/C25H25FN4O4S/c1-15-5-7-17(34-23-21(25(32)33-2)20(35-3)9-12-29-23)14-30(15)24(31)18-8-6-16(26)13-19(18)22-27-10-4-11-28-22/h4,6,8-13,15,17H,5,7,14H2,1-3H3. The van der Waals surface area contributed by atoms with Crippen LogP contribution in [-0.2, 0) is 4.74 Å². The number of benzene rings is 1. The lowest BCUT2D eigenvalue weighted by atomic mass is 9.98. The number of likely N-dealkylation sites (tertiary alicyclic amines) is 1. The highest BCUT2D eigenvalue weighted by atomic mass is 32.2. The smallest absolute Gasteiger partial charge is 0.344 e. The summed E-state index contributed by atoms with van der Waals surface area (Å²) in [5, 5.41) is 0. The lowest BCUT2D eigenvalue weighted by Crippen LogP contribution is -2.49. The summed E-state index contributed by atoms with van der Waals surface area (Å²) in [6.07, 6.45) is 7.49. The van der Waals surface area contributed by atoms with Gasteiger partial charge in [0, 0.05) is 35.1 Å². The number of carbonyl (C=O) groups excluding carboxylic acids is 2. The molecule has 4 rings (SSSR count). The number of methoxy groups -OCH3 is 1. The van der Waals surface area contributed by atoms with E-state index in [0.717, 1.165) is 0 Å². The zero-order valence-electron chi connectivity index (χ0n) is 19.6. The van der Waals surface area contributed by atoms with Gasteiger partial charge in [0.25, 0.3) is 5.91 Å². The Morgan fingerprint density at radius 2 is 1.89 bits per heavy atom. The Hall–Kier alpha value is -3.53. The van der Waals surface area contributed by atoms with Gasteiger partial charge in [-0.2, -0.15) is 0 Å². The lowest BCUT2D eigenvalue weighted by molar-refractivity contribution is 0.0358. The topological polar surface area (TPSA) is 94.5 Å². The molecule has 1 aromatic carbocycles. The maximum absolute atomic E-state index is 14.1. The highest BCUT2D eigenvalue weighted by molar-refractivity contribution is 7.98. The molecule has 2 aromatic heterocycles. The van der Waals surface area contributed by atoms with E-state index in [2.05, 4.69) is 15.0 Å². The monoisotopic (exact) mass is 496 g/mol. The molecule has 1 aliphatic heterocycles. The summed E-state index contributed by atoms with van der Waals surface area (Å²) in [7, 11) is 1.31. The summed E-state index contributed by atoms with van der Waals surface area (Å²) in [6, 6.07) is 7.29. The number of rotatable bonds is 6. The molecule has 182 valence electrons. The molecule has 3 heterocycles. The zero-order chi connectivity index (χ0) is 24.9. The van der Waals surface area contributed by atoms with Crippen LogP contribution >= 0.6 is 11.8 Å². The van der Waals surface area contributed by atoms with Crippen molar-refractivity contribution in [1.82, 2.24) is 19.9 Å². The van der Waals surface area contributed by atoms with Crippen molar-refractivity contribution in [2.75, 3.05) is 19.9 Å². The first kappa shape index (κ1) is 24.6. The van der Waals surface area contributed by atoms with Crippen LogP contribution in [-0.4, -0.2) is 63.8 Å². The minimum atomic E-state index is -0.534. The quantitative estimate of drug-likeness (QED) is 0.369. The van der Waals surface area contributed by atoms with Crippen LogP contribution in [0.15, 0.2) is 53.8 Å².